The molecule has 142 valence electrons. The van der Waals surface area contributed by atoms with Crippen molar-refractivity contribution in [1.82, 2.24) is 19.6 Å². The molecule has 3 heterocycles. The summed E-state index contributed by atoms with van der Waals surface area (Å²) in [5.41, 5.74) is 0. The molecule has 0 saturated carbocycles. The van der Waals surface area contributed by atoms with Gasteiger partial charge in [0.15, 0.2) is 9.84 Å². The Bertz CT molecular complexity index is 630. The van der Waals surface area contributed by atoms with Crippen LogP contribution in [0.2, 0.25) is 0 Å². The van der Waals surface area contributed by atoms with Gasteiger partial charge in [0.1, 0.15) is 0 Å². The number of nitrogens with zero attached hydrogens (tertiary/aromatic N) is 4. The van der Waals surface area contributed by atoms with Gasteiger partial charge in [-0.2, -0.15) is 0 Å². The summed E-state index contributed by atoms with van der Waals surface area (Å²) in [5.74, 6) is -0.00894. The van der Waals surface area contributed by atoms with Gasteiger partial charge in [0.05, 0.1) is 24.1 Å². The normalized spacial score (nSPS) is 29.4. The number of amides is 3. The van der Waals surface area contributed by atoms with Crippen molar-refractivity contribution in [2.75, 3.05) is 58.3 Å². The highest BCUT2D eigenvalue weighted by atomic mass is 32.2. The van der Waals surface area contributed by atoms with E-state index in [0.717, 1.165) is 32.4 Å². The monoisotopic (exact) mass is 372 g/mol. The van der Waals surface area contributed by atoms with Crippen molar-refractivity contribution < 1.29 is 18.0 Å². The standard InChI is InChI=1S/C16H28N4O4S/c1-17(2)15(21)10-19-8-9-20(14-12-25(23,24)11-13(14)19)16(22)18-6-4-3-5-7-18/h13-14H,3-12H2,1-2H3/t13-,14+/m0/s1. The number of carbonyl (C=O) groups is 2. The van der Waals surface area contributed by atoms with E-state index in [2.05, 4.69) is 0 Å². The van der Waals surface area contributed by atoms with Crippen molar-refractivity contribution in [3.8, 4) is 0 Å². The predicted molar refractivity (Wildman–Crippen MR) is 94.0 cm³/mol. The summed E-state index contributed by atoms with van der Waals surface area (Å²) in [6.07, 6.45) is 3.16. The highest BCUT2D eigenvalue weighted by molar-refractivity contribution is 7.91. The summed E-state index contributed by atoms with van der Waals surface area (Å²) >= 11 is 0. The van der Waals surface area contributed by atoms with E-state index >= 15 is 0 Å². The van der Waals surface area contributed by atoms with Gasteiger partial charge in [-0.15, -0.1) is 0 Å². The minimum atomic E-state index is -3.19. The molecular weight excluding hydrogens is 344 g/mol. The molecule has 3 fully saturated rings. The number of piperidine rings is 1. The average molecular weight is 372 g/mol. The molecule has 0 radical (unpaired) electrons. The molecule has 0 bridgehead atoms. The lowest BCUT2D eigenvalue weighted by Crippen LogP contribution is -2.63. The molecule has 2 atom stereocenters. The van der Waals surface area contributed by atoms with E-state index in [1.54, 1.807) is 19.0 Å². The van der Waals surface area contributed by atoms with Crippen LogP contribution in [0.3, 0.4) is 0 Å². The van der Waals surface area contributed by atoms with Crippen molar-refractivity contribution >= 4 is 21.8 Å². The molecule has 3 rings (SSSR count). The van der Waals surface area contributed by atoms with Crippen LogP contribution in [-0.2, 0) is 14.6 Å². The van der Waals surface area contributed by atoms with Gasteiger partial charge < -0.3 is 14.7 Å². The maximum Gasteiger partial charge on any atom is 0.320 e. The zero-order chi connectivity index (χ0) is 18.2. The Labute approximate surface area is 149 Å². The van der Waals surface area contributed by atoms with E-state index in [0.29, 0.717) is 13.1 Å². The zero-order valence-electron chi connectivity index (χ0n) is 15.1. The number of likely N-dealkylation sites (tertiary alicyclic amines) is 1. The number of piperazine rings is 1. The number of hydrogen-bond acceptors (Lipinski definition) is 5. The topological polar surface area (TPSA) is 81.2 Å². The first-order valence-corrected chi connectivity index (χ1v) is 10.8. The lowest BCUT2D eigenvalue weighted by Gasteiger charge is -2.45. The largest absolute Gasteiger partial charge is 0.348 e. The first-order chi connectivity index (χ1) is 11.8. The van der Waals surface area contributed by atoms with Gasteiger partial charge in [-0.25, -0.2) is 13.2 Å². The van der Waals surface area contributed by atoms with E-state index in [9.17, 15) is 18.0 Å². The van der Waals surface area contributed by atoms with Crippen LogP contribution in [0.25, 0.3) is 0 Å². The molecule has 3 aliphatic rings. The van der Waals surface area contributed by atoms with Crippen molar-refractivity contribution in [2.24, 2.45) is 0 Å². The van der Waals surface area contributed by atoms with E-state index in [1.165, 1.54) is 4.90 Å². The number of carbonyl (C=O) groups excluding carboxylic acids is 2. The molecule has 25 heavy (non-hydrogen) atoms. The number of sulfone groups is 1. The molecule has 3 aliphatic heterocycles. The van der Waals surface area contributed by atoms with Crippen LogP contribution in [0, 0.1) is 0 Å². The third-order valence-corrected chi connectivity index (χ3v) is 7.20. The summed E-state index contributed by atoms with van der Waals surface area (Å²) in [5, 5.41) is 0. The summed E-state index contributed by atoms with van der Waals surface area (Å²) in [6.45, 7) is 2.72. The number of fused-ring (bicyclic) bond motifs is 1. The number of rotatable bonds is 2. The van der Waals surface area contributed by atoms with Gasteiger partial charge >= 0.3 is 6.03 Å². The maximum atomic E-state index is 12.9. The van der Waals surface area contributed by atoms with Crippen LogP contribution in [0.15, 0.2) is 0 Å². The molecule has 0 aromatic carbocycles. The van der Waals surface area contributed by atoms with Gasteiger partial charge in [0.2, 0.25) is 5.91 Å². The summed E-state index contributed by atoms with van der Waals surface area (Å²) in [7, 11) is 0.198. The van der Waals surface area contributed by atoms with E-state index in [1.807, 2.05) is 9.80 Å². The Balaban J connectivity index is 1.76. The molecule has 0 N–H and O–H groups in total. The highest BCUT2D eigenvalue weighted by Crippen LogP contribution is 2.28. The summed E-state index contributed by atoms with van der Waals surface area (Å²) in [6, 6.07) is -0.662. The van der Waals surface area contributed by atoms with Gasteiger partial charge in [-0.1, -0.05) is 0 Å². The van der Waals surface area contributed by atoms with Gasteiger partial charge in [-0.05, 0) is 19.3 Å². The van der Waals surface area contributed by atoms with E-state index in [-0.39, 0.29) is 42.1 Å². The SMILES string of the molecule is CN(C)C(=O)CN1CCN(C(=O)N2CCCCC2)[C@@H]2CS(=O)(=O)C[C@@H]21. The smallest absolute Gasteiger partial charge is 0.320 e. The fourth-order valence-corrected chi connectivity index (χ4v) is 6.05. The van der Waals surface area contributed by atoms with Crippen LogP contribution < -0.4 is 0 Å². The average Bonchev–Trinajstić information content (AvgIpc) is 2.90. The number of likely N-dealkylation sites (N-methyl/N-ethyl adjacent to an activating group) is 1. The Morgan fingerprint density at radius 3 is 2.24 bits per heavy atom. The third kappa shape index (κ3) is 3.92. The fraction of sp³-hybridized carbons (Fsp3) is 0.875. The second-order valence-electron chi connectivity index (χ2n) is 7.49. The zero-order valence-corrected chi connectivity index (χ0v) is 15.9. The van der Waals surface area contributed by atoms with Gasteiger partial charge in [-0.3, -0.25) is 9.69 Å². The highest BCUT2D eigenvalue weighted by Gasteiger charge is 2.49. The molecule has 3 amide bonds. The van der Waals surface area contributed by atoms with Crippen LogP contribution in [0.4, 0.5) is 4.79 Å². The van der Waals surface area contributed by atoms with Crippen LogP contribution in [0.1, 0.15) is 19.3 Å². The van der Waals surface area contributed by atoms with Crippen molar-refractivity contribution in [2.45, 2.75) is 31.3 Å². The summed E-state index contributed by atoms with van der Waals surface area (Å²) < 4.78 is 24.5. The van der Waals surface area contributed by atoms with Crippen molar-refractivity contribution in [1.29, 1.82) is 0 Å². The second kappa shape index (κ2) is 7.11. The lowest BCUT2D eigenvalue weighted by molar-refractivity contribution is -0.131. The number of hydrogen-bond donors (Lipinski definition) is 0. The second-order valence-corrected chi connectivity index (χ2v) is 9.65. The van der Waals surface area contributed by atoms with Crippen molar-refractivity contribution in [3.05, 3.63) is 0 Å². The first kappa shape index (κ1) is 18.4. The molecule has 0 aliphatic carbocycles. The first-order valence-electron chi connectivity index (χ1n) is 8.99. The van der Waals surface area contributed by atoms with E-state index < -0.39 is 9.84 Å². The molecule has 8 nitrogen and oxygen atoms in total. The van der Waals surface area contributed by atoms with Crippen LogP contribution in [-0.4, -0.2) is 110 Å². The van der Waals surface area contributed by atoms with E-state index in [4.69, 9.17) is 0 Å². The molecule has 0 aromatic heterocycles. The Morgan fingerprint density at radius 2 is 1.60 bits per heavy atom. The van der Waals surface area contributed by atoms with Crippen LogP contribution >= 0.6 is 0 Å². The van der Waals surface area contributed by atoms with Gasteiger partial charge in [0.25, 0.3) is 0 Å². The van der Waals surface area contributed by atoms with Gasteiger partial charge in [0, 0.05) is 46.3 Å². The predicted octanol–water partition coefficient (Wildman–Crippen LogP) is -0.536. The Morgan fingerprint density at radius 1 is 0.960 bits per heavy atom. The minimum Gasteiger partial charge on any atom is -0.348 e. The Kier molecular flexibility index (Phi) is 5.24. The number of urea groups is 1. The van der Waals surface area contributed by atoms with Crippen LogP contribution in [0.5, 0.6) is 0 Å². The quantitative estimate of drug-likeness (QED) is 0.651. The molecule has 0 aromatic rings. The lowest BCUT2D eigenvalue weighted by atomic mass is 10.0. The molecule has 3 saturated heterocycles. The molecule has 9 heteroatoms. The fourth-order valence-electron chi connectivity index (χ4n) is 4.04. The van der Waals surface area contributed by atoms with Crippen molar-refractivity contribution in [3.63, 3.8) is 0 Å². The molecular formula is C16H28N4O4S. The minimum absolute atomic E-state index is 0.00387. The Hall–Kier alpha value is -1.35. The maximum absolute atomic E-state index is 12.9. The molecule has 0 spiro atoms. The molecule has 0 unspecified atom stereocenters. The summed E-state index contributed by atoms with van der Waals surface area (Å²) in [4.78, 5) is 32.0. The third-order valence-electron chi connectivity index (χ3n) is 5.50.